The lowest BCUT2D eigenvalue weighted by Gasteiger charge is -2.28. The van der Waals surface area contributed by atoms with Crippen LogP contribution in [0.5, 0.6) is 5.75 Å². The van der Waals surface area contributed by atoms with Crippen molar-refractivity contribution in [2.45, 2.75) is 13.0 Å². The Morgan fingerprint density at radius 3 is 2.79 bits per heavy atom. The van der Waals surface area contributed by atoms with Crippen molar-refractivity contribution in [2.24, 2.45) is 10.1 Å². The van der Waals surface area contributed by atoms with Gasteiger partial charge in [-0.25, -0.2) is 10.0 Å². The molecule has 0 bridgehead atoms. The number of rotatable bonds is 6. The monoisotopic (exact) mass is 488 g/mol. The molecule has 0 fully saturated rings. The normalized spacial score (nSPS) is 15.6. The van der Waals surface area contributed by atoms with Gasteiger partial charge >= 0.3 is 0 Å². The quantitative estimate of drug-likeness (QED) is 0.279. The smallest absolute Gasteiger partial charge is 0.248 e. The molecule has 11 heteroatoms. The van der Waals surface area contributed by atoms with Crippen LogP contribution in [-0.2, 0) is 4.79 Å². The number of likely N-dealkylation sites (N-methyl/N-ethyl adjacent to an activating group) is 1. The number of aliphatic hydroxyl groups is 1. The highest BCUT2D eigenvalue weighted by atomic mass is 35.5. The topological polar surface area (TPSA) is 114 Å². The fourth-order valence-corrected chi connectivity index (χ4v) is 3.74. The number of halogens is 2. The molecule has 33 heavy (non-hydrogen) atoms. The van der Waals surface area contributed by atoms with Gasteiger partial charge in [0.2, 0.25) is 11.9 Å². The summed E-state index contributed by atoms with van der Waals surface area (Å²) in [4.78, 5) is 18.5. The van der Waals surface area contributed by atoms with Crippen LogP contribution in [0.1, 0.15) is 12.5 Å². The average molecular weight is 489 g/mol. The Kier molecular flexibility index (Phi) is 8.11. The number of nitriles is 1. The van der Waals surface area contributed by atoms with Gasteiger partial charge < -0.3 is 14.7 Å². The zero-order chi connectivity index (χ0) is 24.0. The highest BCUT2D eigenvalue weighted by molar-refractivity contribution is 6.42. The van der Waals surface area contributed by atoms with Crippen LogP contribution in [0.25, 0.3) is 0 Å². The van der Waals surface area contributed by atoms with Crippen LogP contribution in [0.2, 0.25) is 10.0 Å². The minimum atomic E-state index is -0.639. The van der Waals surface area contributed by atoms with E-state index < -0.39 is 18.6 Å². The van der Waals surface area contributed by atoms with Gasteiger partial charge in [0.15, 0.2) is 6.19 Å². The van der Waals surface area contributed by atoms with Crippen LogP contribution in [-0.4, -0.2) is 65.4 Å². The maximum atomic E-state index is 12.4. The molecule has 0 saturated carbocycles. The number of hydrogen-bond donors (Lipinski definition) is 2. The molecule has 3 rings (SSSR count). The molecule has 2 aromatic carbocycles. The molecule has 1 heterocycles. The van der Waals surface area contributed by atoms with Crippen molar-refractivity contribution >= 4 is 46.5 Å². The van der Waals surface area contributed by atoms with E-state index in [0.29, 0.717) is 39.3 Å². The number of carbonyl (C=O) groups is 1. The first kappa shape index (κ1) is 24.3. The summed E-state index contributed by atoms with van der Waals surface area (Å²) in [5, 5.41) is 28.2. The number of hydrazone groups is 1. The van der Waals surface area contributed by atoms with Crippen LogP contribution in [0, 0.1) is 11.5 Å². The summed E-state index contributed by atoms with van der Waals surface area (Å²) in [6, 6.07) is 11.5. The third kappa shape index (κ3) is 5.54. The van der Waals surface area contributed by atoms with E-state index in [2.05, 4.69) is 15.4 Å². The van der Waals surface area contributed by atoms with E-state index in [4.69, 9.17) is 27.9 Å². The molecule has 1 aliphatic heterocycles. The van der Waals surface area contributed by atoms with Crippen LogP contribution in [0.15, 0.2) is 52.6 Å². The molecule has 0 spiro atoms. The summed E-state index contributed by atoms with van der Waals surface area (Å²) in [6.45, 7) is 1.71. The summed E-state index contributed by atoms with van der Waals surface area (Å²) in [5.74, 6) is 0.326. The minimum absolute atomic E-state index is 0.165. The Labute approximate surface area is 201 Å². The predicted molar refractivity (Wildman–Crippen MR) is 127 cm³/mol. The number of hydrogen-bond acceptors (Lipinski definition) is 6. The van der Waals surface area contributed by atoms with Gasteiger partial charge in [-0.2, -0.15) is 10.4 Å². The fraction of sp³-hybridized carbons (Fsp3) is 0.273. The first-order valence-corrected chi connectivity index (χ1v) is 10.8. The van der Waals surface area contributed by atoms with E-state index in [1.54, 1.807) is 56.5 Å². The molecule has 0 saturated heterocycles. The second-order valence-corrected chi connectivity index (χ2v) is 7.74. The third-order valence-corrected chi connectivity index (χ3v) is 5.72. The van der Waals surface area contributed by atoms with Gasteiger partial charge in [0.1, 0.15) is 12.4 Å². The molecule has 1 atom stereocenters. The van der Waals surface area contributed by atoms with E-state index in [1.165, 1.54) is 9.91 Å². The number of aliphatic imine (C=N–C) groups is 1. The minimum Gasteiger partial charge on any atom is -0.497 e. The highest BCUT2D eigenvalue weighted by Gasteiger charge is 2.36. The van der Waals surface area contributed by atoms with Gasteiger partial charge in [0.25, 0.3) is 0 Å². The van der Waals surface area contributed by atoms with Crippen molar-refractivity contribution in [3.63, 3.8) is 0 Å². The lowest BCUT2D eigenvalue weighted by Crippen LogP contribution is -2.49. The number of nitrogens with zero attached hydrogens (tertiary/aromatic N) is 5. The highest BCUT2D eigenvalue weighted by Crippen LogP contribution is 2.27. The standard InChI is InChI=1S/C22H22Cl2N6O3/c1-3-29(20(32)12-31)19-11-30(28-21(19)14-7-8-17(23)18(24)9-14)22(26-13-25)27-15-5-4-6-16(10-15)33-2/h4-10,19,31H,3,11-12H2,1-2H3,(H,26,27)/t19-/m0/s1. The summed E-state index contributed by atoms with van der Waals surface area (Å²) in [5.41, 5.74) is 1.72. The third-order valence-electron chi connectivity index (χ3n) is 4.98. The first-order chi connectivity index (χ1) is 15.9. The lowest BCUT2D eigenvalue weighted by molar-refractivity contribution is -0.135. The Bertz CT molecular complexity index is 1130. The van der Waals surface area contributed by atoms with Crippen molar-refractivity contribution in [1.82, 2.24) is 15.2 Å². The van der Waals surface area contributed by atoms with E-state index >= 15 is 0 Å². The molecule has 2 N–H and O–H groups in total. The Morgan fingerprint density at radius 2 is 2.15 bits per heavy atom. The predicted octanol–water partition coefficient (Wildman–Crippen LogP) is 2.99. The molecule has 1 amide bonds. The molecular weight excluding hydrogens is 467 g/mol. The molecule has 0 radical (unpaired) electrons. The van der Waals surface area contributed by atoms with Gasteiger partial charge in [-0.15, -0.1) is 0 Å². The maximum Gasteiger partial charge on any atom is 0.248 e. The van der Waals surface area contributed by atoms with Crippen molar-refractivity contribution in [3.8, 4) is 11.9 Å². The second-order valence-electron chi connectivity index (χ2n) is 6.92. The van der Waals surface area contributed by atoms with Crippen molar-refractivity contribution in [2.75, 3.05) is 26.8 Å². The largest absolute Gasteiger partial charge is 0.497 e. The van der Waals surface area contributed by atoms with Crippen LogP contribution < -0.4 is 10.1 Å². The molecule has 2 aromatic rings. The summed E-state index contributed by atoms with van der Waals surface area (Å²) < 4.78 is 5.23. The van der Waals surface area contributed by atoms with E-state index in [0.717, 1.165) is 0 Å². The second kappa shape index (κ2) is 11.0. The van der Waals surface area contributed by atoms with E-state index in [-0.39, 0.29) is 12.5 Å². The van der Waals surface area contributed by atoms with Gasteiger partial charge in [-0.05, 0) is 31.2 Å². The van der Waals surface area contributed by atoms with Crippen molar-refractivity contribution < 1.29 is 14.6 Å². The molecule has 9 nitrogen and oxygen atoms in total. The summed E-state index contributed by atoms with van der Waals surface area (Å²) >= 11 is 12.3. The SMILES string of the molecule is CCN(C(=O)CO)[C@H]1CN(C(=Nc2cccc(OC)c2)NC#N)N=C1c1ccc(Cl)c(Cl)c1. The van der Waals surface area contributed by atoms with Gasteiger partial charge in [0, 0.05) is 18.2 Å². The number of ether oxygens (including phenoxy) is 1. The molecule has 1 aliphatic rings. The van der Waals surface area contributed by atoms with Gasteiger partial charge in [0.05, 0.1) is 41.1 Å². The first-order valence-electron chi connectivity index (χ1n) is 10.0. The molecule has 0 unspecified atom stereocenters. The Hall–Kier alpha value is -3.32. The lowest BCUT2D eigenvalue weighted by atomic mass is 10.0. The maximum absolute atomic E-state index is 12.4. The van der Waals surface area contributed by atoms with Gasteiger partial charge in [-0.3, -0.25) is 10.1 Å². The molecular formula is C22H22Cl2N6O3. The average Bonchev–Trinajstić information content (AvgIpc) is 3.26. The van der Waals surface area contributed by atoms with Crippen molar-refractivity contribution in [3.05, 3.63) is 58.1 Å². The number of carbonyl (C=O) groups excluding carboxylic acids is 1. The molecule has 0 aromatic heterocycles. The molecule has 0 aliphatic carbocycles. The number of nitrogens with one attached hydrogen (secondary N) is 1. The summed E-state index contributed by atoms with van der Waals surface area (Å²) in [7, 11) is 1.55. The fourth-order valence-electron chi connectivity index (χ4n) is 3.44. The van der Waals surface area contributed by atoms with E-state index in [9.17, 15) is 15.2 Å². The number of benzene rings is 2. The van der Waals surface area contributed by atoms with Crippen LogP contribution >= 0.6 is 23.2 Å². The van der Waals surface area contributed by atoms with Crippen LogP contribution in [0.4, 0.5) is 5.69 Å². The number of aliphatic hydroxyl groups excluding tert-OH is 1. The Morgan fingerprint density at radius 1 is 1.36 bits per heavy atom. The molecule has 172 valence electrons. The Balaban J connectivity index is 2.07. The number of methoxy groups -OCH3 is 1. The zero-order valence-corrected chi connectivity index (χ0v) is 19.5. The number of guanidine groups is 1. The zero-order valence-electron chi connectivity index (χ0n) is 18.0. The van der Waals surface area contributed by atoms with E-state index in [1.807, 2.05) is 6.19 Å². The summed E-state index contributed by atoms with van der Waals surface area (Å²) in [6.07, 6.45) is 1.87. The van der Waals surface area contributed by atoms with Gasteiger partial charge in [-0.1, -0.05) is 35.3 Å². The van der Waals surface area contributed by atoms with Crippen molar-refractivity contribution in [1.29, 1.82) is 5.26 Å². The van der Waals surface area contributed by atoms with Crippen LogP contribution in [0.3, 0.4) is 0 Å². The number of amides is 1.